The first kappa shape index (κ1) is 31.1. The summed E-state index contributed by atoms with van der Waals surface area (Å²) in [7, 11) is 0. The highest BCUT2D eigenvalue weighted by molar-refractivity contribution is 6.07. The zero-order valence-corrected chi connectivity index (χ0v) is 29.8. The molecule has 8 aromatic carbocycles. The fourth-order valence-corrected chi connectivity index (χ4v) is 8.46. The molecule has 2 nitrogen and oxygen atoms in total. The molecule has 1 aliphatic carbocycles. The average molecular weight is 680 g/mol. The highest BCUT2D eigenvalue weighted by Crippen LogP contribution is 2.54. The van der Waals surface area contributed by atoms with Crippen LogP contribution in [0.4, 0.5) is 17.1 Å². The maximum Gasteiger partial charge on any atom is 0.135 e. The number of para-hydroxylation sites is 1. The van der Waals surface area contributed by atoms with Crippen molar-refractivity contribution < 1.29 is 4.42 Å². The van der Waals surface area contributed by atoms with Gasteiger partial charge in [0, 0.05) is 33.1 Å². The number of anilines is 3. The van der Waals surface area contributed by atoms with Gasteiger partial charge in [-0.3, -0.25) is 0 Å². The predicted octanol–water partition coefficient (Wildman–Crippen LogP) is 14.4. The lowest BCUT2D eigenvalue weighted by molar-refractivity contribution is 0.660. The lowest BCUT2D eigenvalue weighted by Gasteiger charge is -2.29. The highest BCUT2D eigenvalue weighted by atomic mass is 16.3. The van der Waals surface area contributed by atoms with Gasteiger partial charge in [-0.15, -0.1) is 0 Å². The molecule has 0 fully saturated rings. The monoisotopic (exact) mass is 679 g/mol. The van der Waals surface area contributed by atoms with Gasteiger partial charge in [0.1, 0.15) is 11.2 Å². The third-order valence-corrected chi connectivity index (χ3v) is 11.1. The van der Waals surface area contributed by atoms with Crippen LogP contribution in [-0.2, 0) is 5.41 Å². The molecule has 0 unspecified atom stereocenters. The normalized spacial score (nSPS) is 12.9. The largest absolute Gasteiger partial charge is 0.456 e. The fraction of sp³-hybridized carbons (Fsp3) is 0.0588. The second kappa shape index (κ2) is 12.3. The Kier molecular flexibility index (Phi) is 7.19. The molecule has 252 valence electrons. The number of fused-ring (bicyclic) bond motifs is 6. The molecule has 53 heavy (non-hydrogen) atoms. The van der Waals surface area contributed by atoms with Crippen molar-refractivity contribution in [3.8, 4) is 44.5 Å². The van der Waals surface area contributed by atoms with E-state index in [0.29, 0.717) is 0 Å². The number of benzene rings is 8. The molecule has 0 amide bonds. The summed E-state index contributed by atoms with van der Waals surface area (Å²) >= 11 is 0. The zero-order chi connectivity index (χ0) is 35.5. The van der Waals surface area contributed by atoms with Gasteiger partial charge in [0.2, 0.25) is 0 Å². The van der Waals surface area contributed by atoms with E-state index in [9.17, 15) is 0 Å². The topological polar surface area (TPSA) is 16.4 Å². The van der Waals surface area contributed by atoms with Crippen LogP contribution in [0.25, 0.3) is 66.4 Å². The molecule has 0 spiro atoms. The minimum Gasteiger partial charge on any atom is -0.456 e. The Bertz CT molecular complexity index is 2800. The molecule has 1 aliphatic rings. The third-order valence-electron chi connectivity index (χ3n) is 11.1. The Balaban J connectivity index is 1.25. The van der Waals surface area contributed by atoms with Gasteiger partial charge >= 0.3 is 0 Å². The summed E-state index contributed by atoms with van der Waals surface area (Å²) in [5.41, 5.74) is 17.4. The van der Waals surface area contributed by atoms with Gasteiger partial charge in [-0.25, -0.2) is 0 Å². The Labute approximate surface area is 310 Å². The number of rotatable bonds is 6. The summed E-state index contributed by atoms with van der Waals surface area (Å²) in [6, 6.07) is 68.0. The number of hydrogen-bond donors (Lipinski definition) is 0. The van der Waals surface area contributed by atoms with E-state index in [-0.39, 0.29) is 5.41 Å². The zero-order valence-electron chi connectivity index (χ0n) is 29.8. The van der Waals surface area contributed by atoms with E-state index >= 15 is 0 Å². The van der Waals surface area contributed by atoms with E-state index in [1.807, 2.05) is 12.1 Å². The fourth-order valence-electron chi connectivity index (χ4n) is 8.46. The summed E-state index contributed by atoms with van der Waals surface area (Å²) < 4.78 is 6.32. The minimum absolute atomic E-state index is 0.139. The summed E-state index contributed by atoms with van der Waals surface area (Å²) in [5, 5.41) is 2.22. The smallest absolute Gasteiger partial charge is 0.135 e. The molecule has 0 atom stereocenters. The molecule has 0 radical (unpaired) electrons. The first-order chi connectivity index (χ1) is 26.0. The van der Waals surface area contributed by atoms with Gasteiger partial charge < -0.3 is 9.32 Å². The number of nitrogens with zero attached hydrogens (tertiary/aromatic N) is 1. The van der Waals surface area contributed by atoms with E-state index in [2.05, 4.69) is 195 Å². The second-order valence-corrected chi connectivity index (χ2v) is 14.5. The van der Waals surface area contributed by atoms with Crippen molar-refractivity contribution in [2.24, 2.45) is 0 Å². The molecule has 2 heteroatoms. The van der Waals surface area contributed by atoms with Crippen molar-refractivity contribution in [2.75, 3.05) is 4.90 Å². The van der Waals surface area contributed by atoms with Crippen LogP contribution in [0.2, 0.25) is 0 Å². The quantitative estimate of drug-likeness (QED) is 0.174. The third kappa shape index (κ3) is 5.10. The SMILES string of the molecule is CC1(C)c2ccc(N(c3ccc4oc5ccccc5c4c3)c3ccc(-c4ccccc4)cc3-c3ccccc3)cc2-c2c(-c3ccccc3)cccc21. The average Bonchev–Trinajstić information content (AvgIpc) is 3.70. The van der Waals surface area contributed by atoms with Crippen LogP contribution >= 0.6 is 0 Å². The predicted molar refractivity (Wildman–Crippen MR) is 222 cm³/mol. The van der Waals surface area contributed by atoms with E-state index in [1.165, 1.54) is 50.1 Å². The van der Waals surface area contributed by atoms with Crippen molar-refractivity contribution in [3.63, 3.8) is 0 Å². The van der Waals surface area contributed by atoms with Crippen LogP contribution in [-0.4, -0.2) is 0 Å². The number of furan rings is 1. The first-order valence-electron chi connectivity index (χ1n) is 18.3. The summed E-state index contributed by atoms with van der Waals surface area (Å²) in [6.07, 6.45) is 0. The van der Waals surface area contributed by atoms with Crippen LogP contribution in [0.15, 0.2) is 192 Å². The minimum atomic E-state index is -0.139. The van der Waals surface area contributed by atoms with Gasteiger partial charge in [0.25, 0.3) is 0 Å². The highest BCUT2D eigenvalue weighted by Gasteiger charge is 2.37. The van der Waals surface area contributed by atoms with Crippen molar-refractivity contribution in [3.05, 3.63) is 199 Å². The summed E-state index contributed by atoms with van der Waals surface area (Å²) in [5.74, 6) is 0. The van der Waals surface area contributed by atoms with Crippen molar-refractivity contribution in [2.45, 2.75) is 19.3 Å². The Morgan fingerprint density at radius 2 is 1.02 bits per heavy atom. The molecule has 0 saturated heterocycles. The summed E-state index contributed by atoms with van der Waals surface area (Å²) in [6.45, 7) is 4.72. The number of hydrogen-bond acceptors (Lipinski definition) is 2. The van der Waals surface area contributed by atoms with Crippen LogP contribution in [0.3, 0.4) is 0 Å². The maximum absolute atomic E-state index is 6.32. The molecule has 0 saturated carbocycles. The van der Waals surface area contributed by atoms with E-state index < -0.39 is 0 Å². The van der Waals surface area contributed by atoms with Gasteiger partial charge in [-0.1, -0.05) is 153 Å². The van der Waals surface area contributed by atoms with Gasteiger partial charge in [0.05, 0.1) is 5.69 Å². The van der Waals surface area contributed by atoms with Crippen LogP contribution in [0.5, 0.6) is 0 Å². The maximum atomic E-state index is 6.32. The van der Waals surface area contributed by atoms with Gasteiger partial charge in [-0.05, 0) is 98.6 Å². The van der Waals surface area contributed by atoms with Gasteiger partial charge in [-0.2, -0.15) is 0 Å². The Morgan fingerprint density at radius 3 is 1.77 bits per heavy atom. The van der Waals surface area contributed by atoms with Crippen molar-refractivity contribution >= 4 is 39.0 Å². The van der Waals surface area contributed by atoms with Crippen LogP contribution in [0.1, 0.15) is 25.0 Å². The first-order valence-corrected chi connectivity index (χ1v) is 18.3. The molecule has 10 rings (SSSR count). The lowest BCUT2D eigenvalue weighted by Crippen LogP contribution is -2.15. The van der Waals surface area contributed by atoms with E-state index in [0.717, 1.165) is 44.6 Å². The Hall–Kier alpha value is -6.64. The van der Waals surface area contributed by atoms with Crippen molar-refractivity contribution in [1.82, 2.24) is 0 Å². The summed E-state index contributed by atoms with van der Waals surface area (Å²) in [4.78, 5) is 2.44. The molecule has 9 aromatic rings. The molecule has 0 N–H and O–H groups in total. The van der Waals surface area contributed by atoms with Gasteiger partial charge in [0.15, 0.2) is 0 Å². The van der Waals surface area contributed by atoms with Crippen LogP contribution in [0, 0.1) is 0 Å². The van der Waals surface area contributed by atoms with E-state index in [1.54, 1.807) is 0 Å². The molecular formula is C51H37NO. The molecule has 0 bridgehead atoms. The molecule has 1 aromatic heterocycles. The Morgan fingerprint density at radius 1 is 0.396 bits per heavy atom. The lowest BCUT2D eigenvalue weighted by atomic mass is 9.82. The van der Waals surface area contributed by atoms with E-state index in [4.69, 9.17) is 4.42 Å². The van der Waals surface area contributed by atoms with Crippen LogP contribution < -0.4 is 4.90 Å². The molecular weight excluding hydrogens is 643 g/mol. The second-order valence-electron chi connectivity index (χ2n) is 14.5. The molecule has 1 heterocycles. The standard InChI is InChI=1S/C51H37NO/c1-51(2)45-28-26-38(33-44(45)50-40(22-14-23-46(50)51)35-17-8-4-9-18-35)52(39-27-30-49-43(32-39)41-21-12-13-24-48(41)53-49)47-29-25-37(34-15-6-3-7-16-34)31-42(47)36-19-10-5-11-20-36/h3-33H,1-2H3. The molecule has 0 aliphatic heterocycles. The van der Waals surface area contributed by atoms with Crippen molar-refractivity contribution in [1.29, 1.82) is 0 Å².